The van der Waals surface area contributed by atoms with Crippen molar-refractivity contribution < 1.29 is 86.3 Å². The van der Waals surface area contributed by atoms with Gasteiger partial charge in [-0.25, -0.2) is 0 Å². The van der Waals surface area contributed by atoms with Gasteiger partial charge in [0.1, 0.15) is 36.1 Å². The van der Waals surface area contributed by atoms with E-state index in [1.807, 2.05) is 0 Å². The minimum Gasteiger partial charge on any atom is -0.481 e. The first kappa shape index (κ1) is 52.8. The van der Waals surface area contributed by atoms with E-state index in [1.54, 1.807) is 53.6 Å². The molecule has 0 aromatic carbocycles. The highest BCUT2D eigenvalue weighted by Gasteiger charge is 2.57. The number of carboxylic acids is 1. The zero-order chi connectivity index (χ0) is 45.6. The number of aliphatic hydroxyl groups is 1. The lowest BCUT2D eigenvalue weighted by Gasteiger charge is -2.53. The highest BCUT2D eigenvalue weighted by molar-refractivity contribution is 5.72. The van der Waals surface area contributed by atoms with Crippen LogP contribution < -0.4 is 0 Å². The summed E-state index contributed by atoms with van der Waals surface area (Å²) in [6, 6.07) is -0.819. The number of carbonyl (C=O) groups is 6. The zero-order valence-electron chi connectivity index (χ0n) is 37.4. The average molecular weight is 864 g/mol. The molecule has 15 atom stereocenters. The molecule has 0 saturated carbocycles. The summed E-state index contributed by atoms with van der Waals surface area (Å²) in [4.78, 5) is 76.7. The van der Waals surface area contributed by atoms with Crippen LogP contribution in [0.25, 0.3) is 0 Å². The lowest BCUT2D eigenvalue weighted by Crippen LogP contribution is -2.68. The first-order valence-corrected chi connectivity index (χ1v) is 20.4. The summed E-state index contributed by atoms with van der Waals surface area (Å²) in [6.07, 6.45) is -11.8. The highest BCUT2D eigenvalue weighted by Crippen LogP contribution is 2.43. The van der Waals surface area contributed by atoms with Crippen LogP contribution in [0.3, 0.4) is 0 Å². The summed E-state index contributed by atoms with van der Waals surface area (Å²) >= 11 is 0. The van der Waals surface area contributed by atoms with E-state index in [2.05, 4.69) is 0 Å². The van der Waals surface area contributed by atoms with Gasteiger partial charge in [0.2, 0.25) is 0 Å². The number of aliphatic carboxylic acids is 1. The number of nitrogens with zero attached hydrogens (tertiary/aromatic N) is 1. The summed E-state index contributed by atoms with van der Waals surface area (Å²) in [6.45, 7) is 12.2. The van der Waals surface area contributed by atoms with Crippen molar-refractivity contribution in [2.45, 2.75) is 173 Å². The van der Waals surface area contributed by atoms with E-state index in [9.17, 15) is 39.0 Å². The molecule has 2 N–H and O–H groups in total. The molecule has 0 aromatic heterocycles. The summed E-state index contributed by atoms with van der Waals surface area (Å²) in [5.41, 5.74) is -1.56. The molecule has 2 saturated heterocycles. The number of methoxy groups -OCH3 is 3. The molecule has 346 valence electrons. The first-order valence-electron chi connectivity index (χ1n) is 20.4. The molecule has 19 nitrogen and oxygen atoms in total. The summed E-state index contributed by atoms with van der Waals surface area (Å²) < 4.78 is 59.9. The van der Waals surface area contributed by atoms with Crippen molar-refractivity contribution in [1.82, 2.24) is 4.90 Å². The van der Waals surface area contributed by atoms with Crippen molar-refractivity contribution in [3.8, 4) is 0 Å². The van der Waals surface area contributed by atoms with Crippen molar-refractivity contribution in [2.24, 2.45) is 17.8 Å². The number of ether oxygens (including phenoxy) is 10. The lowest BCUT2D eigenvalue weighted by atomic mass is 9.70. The van der Waals surface area contributed by atoms with E-state index in [0.29, 0.717) is 6.29 Å². The third-order valence-electron chi connectivity index (χ3n) is 11.2. The summed E-state index contributed by atoms with van der Waals surface area (Å²) in [5.74, 6) is -6.30. The molecule has 0 bridgehead atoms. The molecule has 60 heavy (non-hydrogen) atoms. The minimum atomic E-state index is -1.56. The van der Waals surface area contributed by atoms with E-state index < -0.39 is 133 Å². The van der Waals surface area contributed by atoms with E-state index in [4.69, 9.17) is 47.4 Å². The lowest BCUT2D eigenvalue weighted by molar-refractivity contribution is -0.319. The number of esters is 4. The molecular formula is C41H69NO18. The third-order valence-corrected chi connectivity index (χ3v) is 11.2. The van der Waals surface area contributed by atoms with Gasteiger partial charge in [0.05, 0.1) is 24.7 Å². The van der Waals surface area contributed by atoms with Crippen LogP contribution in [0.5, 0.6) is 0 Å². The van der Waals surface area contributed by atoms with Gasteiger partial charge in [-0.1, -0.05) is 20.8 Å². The largest absolute Gasteiger partial charge is 0.481 e. The Morgan fingerprint density at radius 3 is 1.95 bits per heavy atom. The van der Waals surface area contributed by atoms with Crippen LogP contribution in [0.15, 0.2) is 0 Å². The number of rotatable bonds is 24. The topological polar surface area (TPSA) is 238 Å². The fourth-order valence-electron chi connectivity index (χ4n) is 8.46. The molecule has 0 radical (unpaired) electrons. The Morgan fingerprint density at radius 1 is 0.867 bits per heavy atom. The van der Waals surface area contributed by atoms with Crippen LogP contribution in [0.1, 0.15) is 93.9 Å². The number of likely N-dealkylation sites (N-methyl/N-ethyl adjacent to an activating group) is 1. The van der Waals surface area contributed by atoms with Gasteiger partial charge >= 0.3 is 29.8 Å². The molecule has 2 heterocycles. The number of carboxylic acid groups (broad SMARTS) is 1. The molecule has 2 fully saturated rings. The first-order chi connectivity index (χ1) is 28.1. The van der Waals surface area contributed by atoms with Crippen LogP contribution >= 0.6 is 0 Å². The van der Waals surface area contributed by atoms with Gasteiger partial charge in [-0.3, -0.25) is 28.8 Å². The SMILES string of the molecule is CCC(=O)O[C@H](CC(=O)O)[C@@H](OC)[C@H]([C@@H](CC(OC)OC)C[C@@H](C)[C@H](C=O)OC(C)=O)[C@@H]1O[C@H](C)[C@@H](O[C@@H]2C[C@@](C)(O)[C@@H](OC(=O)CC)[C@H](C)O2)[C@H](N(C)C)[C@H]1OC(C)=O. The van der Waals surface area contributed by atoms with Crippen molar-refractivity contribution >= 4 is 36.1 Å². The van der Waals surface area contributed by atoms with E-state index >= 15 is 0 Å². The molecule has 2 aliphatic heterocycles. The van der Waals surface area contributed by atoms with Crippen LogP contribution in [0.4, 0.5) is 0 Å². The van der Waals surface area contributed by atoms with Crippen LogP contribution in [-0.4, -0.2) is 166 Å². The fourth-order valence-corrected chi connectivity index (χ4v) is 8.46. The van der Waals surface area contributed by atoms with Crippen LogP contribution in [0, 0.1) is 17.8 Å². The Hall–Kier alpha value is -3.30. The van der Waals surface area contributed by atoms with Gasteiger partial charge in [-0.05, 0) is 47.2 Å². The van der Waals surface area contributed by atoms with E-state index in [1.165, 1.54) is 42.1 Å². The molecule has 19 heteroatoms. The third kappa shape index (κ3) is 14.7. The second-order valence-corrected chi connectivity index (χ2v) is 16.1. The quantitative estimate of drug-likeness (QED) is 0.0613. The fraction of sp³-hybridized carbons (Fsp3) is 0.854. The Balaban J connectivity index is 2.88. The molecule has 0 spiro atoms. The average Bonchev–Trinajstić information content (AvgIpc) is 3.15. The number of aldehydes is 1. The zero-order valence-corrected chi connectivity index (χ0v) is 37.4. The molecule has 0 aromatic rings. The molecular weight excluding hydrogens is 794 g/mol. The van der Waals surface area contributed by atoms with Crippen molar-refractivity contribution in [3.63, 3.8) is 0 Å². The van der Waals surface area contributed by atoms with Gasteiger partial charge < -0.3 is 62.5 Å². The predicted octanol–water partition coefficient (Wildman–Crippen LogP) is 2.44. The van der Waals surface area contributed by atoms with E-state index in [-0.39, 0.29) is 32.1 Å². The van der Waals surface area contributed by atoms with Crippen LogP contribution in [0.2, 0.25) is 0 Å². The predicted molar refractivity (Wildman–Crippen MR) is 210 cm³/mol. The summed E-state index contributed by atoms with van der Waals surface area (Å²) in [7, 11) is 7.66. The maximum absolute atomic E-state index is 13.1. The Labute approximate surface area is 353 Å². The molecule has 2 rings (SSSR count). The van der Waals surface area contributed by atoms with Gasteiger partial charge in [0.15, 0.2) is 31.1 Å². The number of hydrogen-bond acceptors (Lipinski definition) is 18. The second-order valence-electron chi connectivity index (χ2n) is 16.1. The minimum absolute atomic E-state index is 0.0648. The molecule has 0 unspecified atom stereocenters. The second kappa shape index (κ2) is 24.4. The summed E-state index contributed by atoms with van der Waals surface area (Å²) in [5, 5.41) is 21.6. The van der Waals surface area contributed by atoms with Crippen molar-refractivity contribution in [3.05, 3.63) is 0 Å². The number of hydrogen-bond donors (Lipinski definition) is 2. The molecule has 2 aliphatic rings. The van der Waals surface area contributed by atoms with Crippen molar-refractivity contribution in [2.75, 3.05) is 35.4 Å². The van der Waals surface area contributed by atoms with Gasteiger partial charge in [-0.2, -0.15) is 0 Å². The van der Waals surface area contributed by atoms with Gasteiger partial charge in [-0.15, -0.1) is 0 Å². The Bertz CT molecular complexity index is 1410. The number of carbonyl (C=O) groups excluding carboxylic acids is 5. The highest BCUT2D eigenvalue weighted by atomic mass is 16.7. The van der Waals surface area contributed by atoms with E-state index in [0.717, 1.165) is 0 Å². The maximum atomic E-state index is 13.1. The standard InChI is InChI=1S/C41H69NO18/c1-14-30(48)58-27(18-29(46)47)37(53-13)34(26(17-32(51-11)52-12)16-21(3)28(20-43)56-24(6)44)38-39(57-25(7)45)35(42(9)10)36(22(4)55-38)60-33-19-41(8,50)40(23(5)54-33)59-31(49)15-2/h20-23,26-28,32-40,50H,14-19H2,1-13H3,(H,46,47)/t21-,22-,23+,26-,27-,28+,33-,34+,35+,36-,37-,38+,39-,40+,41-/m1/s1. The smallest absolute Gasteiger partial charge is 0.307 e. The molecule has 0 aliphatic carbocycles. The Kier molecular flexibility index (Phi) is 21.5. The molecule has 0 amide bonds. The normalized spacial score (nSPS) is 30.0. The van der Waals surface area contributed by atoms with Gasteiger partial charge in [0.25, 0.3) is 0 Å². The monoisotopic (exact) mass is 863 g/mol. The van der Waals surface area contributed by atoms with Gasteiger partial charge in [0, 0.05) is 72.7 Å². The van der Waals surface area contributed by atoms with Crippen LogP contribution in [-0.2, 0) is 76.1 Å². The maximum Gasteiger partial charge on any atom is 0.307 e. The Morgan fingerprint density at radius 2 is 1.48 bits per heavy atom. The van der Waals surface area contributed by atoms with Crippen molar-refractivity contribution in [1.29, 1.82) is 0 Å².